The lowest BCUT2D eigenvalue weighted by molar-refractivity contribution is -0.120. The Morgan fingerprint density at radius 3 is 2.63 bits per heavy atom. The Morgan fingerprint density at radius 1 is 1.21 bits per heavy atom. The molecule has 0 heterocycles. The summed E-state index contributed by atoms with van der Waals surface area (Å²) >= 11 is 0. The second-order valence-electron chi connectivity index (χ2n) is 6.08. The van der Waals surface area contributed by atoms with Gasteiger partial charge in [0.2, 0.25) is 0 Å². The molecule has 0 aromatic rings. The van der Waals surface area contributed by atoms with Crippen molar-refractivity contribution in [3.05, 3.63) is 22.8 Å². The minimum atomic E-state index is 0.157. The second kappa shape index (κ2) is 5.85. The standard InChI is InChI=1S/C17H24O2/c1-4-5-6-13-9-16-12(3)17(19)10-14(16)8-15(18)7-11(13)2/h9,11,14H,4-8,10H2,1-3H3/b13-9-/t11-,14+/m0/s1. The highest BCUT2D eigenvalue weighted by Crippen LogP contribution is 2.38. The first-order valence-corrected chi connectivity index (χ1v) is 7.49. The van der Waals surface area contributed by atoms with Crippen LogP contribution < -0.4 is 0 Å². The Hall–Kier alpha value is -1.18. The summed E-state index contributed by atoms with van der Waals surface area (Å²) in [5.74, 6) is 1.04. The number of ketones is 2. The van der Waals surface area contributed by atoms with E-state index >= 15 is 0 Å². The van der Waals surface area contributed by atoms with Crippen LogP contribution in [-0.4, -0.2) is 11.6 Å². The van der Waals surface area contributed by atoms with Gasteiger partial charge in [-0.1, -0.05) is 31.9 Å². The zero-order valence-electron chi connectivity index (χ0n) is 12.3. The molecule has 0 bridgehead atoms. The van der Waals surface area contributed by atoms with Crippen LogP contribution in [0.1, 0.15) is 59.3 Å². The van der Waals surface area contributed by atoms with Crippen LogP contribution >= 0.6 is 0 Å². The zero-order valence-corrected chi connectivity index (χ0v) is 12.3. The molecule has 2 rings (SSSR count). The van der Waals surface area contributed by atoms with E-state index in [0.29, 0.717) is 31.0 Å². The molecule has 0 saturated carbocycles. The average molecular weight is 260 g/mol. The van der Waals surface area contributed by atoms with E-state index in [9.17, 15) is 9.59 Å². The highest BCUT2D eigenvalue weighted by molar-refractivity contribution is 6.00. The summed E-state index contributed by atoms with van der Waals surface area (Å²) in [5, 5.41) is 0. The van der Waals surface area contributed by atoms with E-state index in [4.69, 9.17) is 0 Å². The molecule has 0 aromatic carbocycles. The molecule has 2 aliphatic carbocycles. The molecule has 104 valence electrons. The first-order valence-electron chi connectivity index (χ1n) is 7.49. The van der Waals surface area contributed by atoms with Gasteiger partial charge in [0.25, 0.3) is 0 Å². The average Bonchev–Trinajstić information content (AvgIpc) is 2.59. The molecule has 2 nitrogen and oxygen atoms in total. The maximum atomic E-state index is 12.1. The second-order valence-corrected chi connectivity index (χ2v) is 6.08. The molecule has 0 amide bonds. The predicted molar refractivity (Wildman–Crippen MR) is 76.8 cm³/mol. The number of unbranched alkanes of at least 4 members (excludes halogenated alkanes) is 1. The van der Waals surface area contributed by atoms with Gasteiger partial charge < -0.3 is 0 Å². The fourth-order valence-electron chi connectivity index (χ4n) is 3.23. The van der Waals surface area contributed by atoms with Crippen LogP contribution in [0.3, 0.4) is 0 Å². The van der Waals surface area contributed by atoms with Gasteiger partial charge in [-0.15, -0.1) is 0 Å². The summed E-state index contributed by atoms with van der Waals surface area (Å²) in [7, 11) is 0. The van der Waals surface area contributed by atoms with Crippen molar-refractivity contribution in [3.8, 4) is 0 Å². The van der Waals surface area contributed by atoms with Crippen molar-refractivity contribution in [1.82, 2.24) is 0 Å². The normalized spacial score (nSPS) is 30.8. The first-order chi connectivity index (χ1) is 9.02. The van der Waals surface area contributed by atoms with Gasteiger partial charge in [0.1, 0.15) is 5.78 Å². The highest BCUT2D eigenvalue weighted by Gasteiger charge is 2.32. The lowest BCUT2D eigenvalue weighted by Gasteiger charge is -2.22. The molecule has 0 fully saturated rings. The Morgan fingerprint density at radius 2 is 1.95 bits per heavy atom. The van der Waals surface area contributed by atoms with E-state index in [0.717, 1.165) is 24.0 Å². The Bertz CT molecular complexity index is 454. The molecule has 0 aromatic heterocycles. The lowest BCUT2D eigenvalue weighted by Crippen LogP contribution is -2.16. The molecular formula is C17H24O2. The molecule has 0 aliphatic heterocycles. The molecule has 2 atom stereocenters. The van der Waals surface area contributed by atoms with Crippen molar-refractivity contribution in [1.29, 1.82) is 0 Å². The summed E-state index contributed by atoms with van der Waals surface area (Å²) in [6.45, 7) is 6.25. The summed E-state index contributed by atoms with van der Waals surface area (Å²) in [5.41, 5.74) is 3.40. The van der Waals surface area contributed by atoms with Crippen molar-refractivity contribution in [3.63, 3.8) is 0 Å². The van der Waals surface area contributed by atoms with Crippen LogP contribution in [-0.2, 0) is 9.59 Å². The fourth-order valence-corrected chi connectivity index (χ4v) is 3.23. The van der Waals surface area contributed by atoms with Crippen molar-refractivity contribution in [2.24, 2.45) is 11.8 Å². The SMILES string of the molecule is CCCC/C1=C/C2=C(C)C(=O)C[C@H]2CC(=O)C[C@@H]1C. The number of rotatable bonds is 3. The van der Waals surface area contributed by atoms with Crippen LogP contribution in [0.25, 0.3) is 0 Å². The number of carbonyl (C=O) groups is 2. The smallest absolute Gasteiger partial charge is 0.159 e. The third-order valence-corrected chi connectivity index (χ3v) is 4.52. The van der Waals surface area contributed by atoms with E-state index < -0.39 is 0 Å². The number of allylic oxidation sites excluding steroid dienone is 4. The third-order valence-electron chi connectivity index (χ3n) is 4.52. The van der Waals surface area contributed by atoms with Gasteiger partial charge in [-0.05, 0) is 42.7 Å². The molecule has 2 heteroatoms. The maximum Gasteiger partial charge on any atom is 0.159 e. The number of Topliss-reactive ketones (excluding diaryl/α,β-unsaturated/α-hetero) is 2. The monoisotopic (exact) mass is 260 g/mol. The molecule has 19 heavy (non-hydrogen) atoms. The number of hydrogen-bond acceptors (Lipinski definition) is 2. The van der Waals surface area contributed by atoms with Crippen molar-refractivity contribution >= 4 is 11.6 Å². The number of carbonyl (C=O) groups excluding carboxylic acids is 2. The summed E-state index contributed by atoms with van der Waals surface area (Å²) in [6.07, 6.45) is 7.37. The van der Waals surface area contributed by atoms with Gasteiger partial charge in [-0.3, -0.25) is 9.59 Å². The number of fused-ring (bicyclic) bond motifs is 1. The Labute approximate surface area is 116 Å². The maximum absolute atomic E-state index is 12.1. The molecule has 0 unspecified atom stereocenters. The lowest BCUT2D eigenvalue weighted by atomic mass is 9.82. The summed E-state index contributed by atoms with van der Waals surface area (Å²) in [4.78, 5) is 23.9. The topological polar surface area (TPSA) is 34.1 Å². The van der Waals surface area contributed by atoms with E-state index in [-0.39, 0.29) is 11.7 Å². The van der Waals surface area contributed by atoms with Gasteiger partial charge in [0.05, 0.1) is 0 Å². The summed E-state index contributed by atoms with van der Waals surface area (Å²) < 4.78 is 0. The zero-order chi connectivity index (χ0) is 14.0. The molecule has 2 aliphatic rings. The van der Waals surface area contributed by atoms with Gasteiger partial charge in [-0.2, -0.15) is 0 Å². The van der Waals surface area contributed by atoms with Gasteiger partial charge in [0.15, 0.2) is 5.78 Å². The van der Waals surface area contributed by atoms with Gasteiger partial charge >= 0.3 is 0 Å². The van der Waals surface area contributed by atoms with Gasteiger partial charge in [0, 0.05) is 19.3 Å². The predicted octanol–water partition coefficient (Wildman–Crippen LogP) is 4.01. The first kappa shape index (κ1) is 14.2. The fraction of sp³-hybridized carbons (Fsp3) is 0.647. The van der Waals surface area contributed by atoms with Gasteiger partial charge in [-0.25, -0.2) is 0 Å². The summed E-state index contributed by atoms with van der Waals surface area (Å²) in [6, 6.07) is 0. The Balaban J connectivity index is 2.36. The van der Waals surface area contributed by atoms with Crippen LogP contribution in [0.4, 0.5) is 0 Å². The molecule has 0 N–H and O–H groups in total. The van der Waals surface area contributed by atoms with Crippen LogP contribution in [0.2, 0.25) is 0 Å². The van der Waals surface area contributed by atoms with Crippen LogP contribution in [0.15, 0.2) is 22.8 Å². The minimum Gasteiger partial charge on any atom is -0.300 e. The van der Waals surface area contributed by atoms with E-state index in [1.807, 2.05) is 6.92 Å². The molecule has 0 saturated heterocycles. The van der Waals surface area contributed by atoms with Crippen molar-refractivity contribution in [2.75, 3.05) is 0 Å². The van der Waals surface area contributed by atoms with E-state index in [2.05, 4.69) is 19.9 Å². The van der Waals surface area contributed by atoms with Crippen LogP contribution in [0, 0.1) is 11.8 Å². The van der Waals surface area contributed by atoms with Crippen molar-refractivity contribution < 1.29 is 9.59 Å². The minimum absolute atomic E-state index is 0.157. The molecule has 0 radical (unpaired) electrons. The van der Waals surface area contributed by atoms with Crippen LogP contribution in [0.5, 0.6) is 0 Å². The largest absolute Gasteiger partial charge is 0.300 e. The highest BCUT2D eigenvalue weighted by atomic mass is 16.1. The van der Waals surface area contributed by atoms with E-state index in [1.165, 1.54) is 12.0 Å². The number of hydrogen-bond donors (Lipinski definition) is 0. The quantitative estimate of drug-likeness (QED) is 0.768. The van der Waals surface area contributed by atoms with E-state index in [1.54, 1.807) is 0 Å². The molecular weight excluding hydrogens is 236 g/mol. The third kappa shape index (κ3) is 3.05. The Kier molecular flexibility index (Phi) is 4.38. The molecule has 0 spiro atoms. The van der Waals surface area contributed by atoms with Crippen molar-refractivity contribution in [2.45, 2.75) is 59.3 Å².